The number of nitrogens with one attached hydrogen (secondary N) is 2. The molecule has 0 aliphatic carbocycles. The number of hydrogen-bond acceptors (Lipinski definition) is 2. The molecule has 0 saturated carbocycles. The molecule has 2 N–H and O–H groups in total. The van der Waals surface area contributed by atoms with Gasteiger partial charge < -0.3 is 15.4 Å². The first kappa shape index (κ1) is 20.2. The summed E-state index contributed by atoms with van der Waals surface area (Å²) in [6.45, 7) is 8.51. The fraction of sp³-hybridized carbons (Fsp3) is 0.562. The van der Waals surface area contributed by atoms with Crippen LogP contribution < -0.4 is 10.6 Å². The zero-order chi connectivity index (χ0) is 14.8. The van der Waals surface area contributed by atoms with Gasteiger partial charge in [0.25, 0.3) is 0 Å². The smallest absolute Gasteiger partial charge is 0.191 e. The summed E-state index contributed by atoms with van der Waals surface area (Å²) in [5, 5.41) is 6.67. The summed E-state index contributed by atoms with van der Waals surface area (Å²) in [7, 11) is 1.79. The monoisotopic (exact) mass is 405 g/mol. The van der Waals surface area contributed by atoms with Gasteiger partial charge in [0, 0.05) is 26.2 Å². The van der Waals surface area contributed by atoms with Crippen LogP contribution in [-0.2, 0) is 17.9 Å². The van der Waals surface area contributed by atoms with Crippen molar-refractivity contribution in [3.8, 4) is 0 Å². The number of ether oxygens (including phenoxy) is 1. The molecule has 0 fully saturated rings. The van der Waals surface area contributed by atoms with Crippen LogP contribution in [0.5, 0.6) is 0 Å². The minimum Gasteiger partial charge on any atom is -0.377 e. The van der Waals surface area contributed by atoms with Crippen LogP contribution in [0.2, 0.25) is 0 Å². The van der Waals surface area contributed by atoms with Crippen LogP contribution in [0.25, 0.3) is 0 Å². The molecule has 0 saturated heterocycles. The van der Waals surface area contributed by atoms with E-state index in [1.807, 2.05) is 6.92 Å². The lowest BCUT2D eigenvalue weighted by atomic mass is 10.1. The lowest BCUT2D eigenvalue weighted by Crippen LogP contribution is -2.41. The van der Waals surface area contributed by atoms with Crippen molar-refractivity contribution in [3.63, 3.8) is 0 Å². The van der Waals surface area contributed by atoms with Crippen molar-refractivity contribution < 1.29 is 4.74 Å². The fourth-order valence-electron chi connectivity index (χ4n) is 1.69. The standard InChI is InChI=1S/C16H27N3O.HI/c1-5-13(3)19-16(17-4)18-11-14-7-9-15(10-8-14)12-20-6-2;/h7-10,13H,5-6,11-12H2,1-4H3,(H2,17,18,19);1H. The number of nitrogens with zero attached hydrogens (tertiary/aromatic N) is 1. The van der Waals surface area contributed by atoms with E-state index in [9.17, 15) is 0 Å². The van der Waals surface area contributed by atoms with Crippen LogP contribution in [0.1, 0.15) is 38.3 Å². The normalized spacial score (nSPS) is 12.5. The number of aliphatic imine (C=N–C) groups is 1. The Kier molecular flexibility index (Phi) is 11.3. The largest absolute Gasteiger partial charge is 0.377 e. The van der Waals surface area contributed by atoms with Gasteiger partial charge in [0.2, 0.25) is 0 Å². The molecular weight excluding hydrogens is 377 g/mol. The third-order valence-corrected chi connectivity index (χ3v) is 3.17. The molecule has 1 atom stereocenters. The van der Waals surface area contributed by atoms with E-state index >= 15 is 0 Å². The number of guanidine groups is 1. The lowest BCUT2D eigenvalue weighted by Gasteiger charge is -2.16. The van der Waals surface area contributed by atoms with Crippen molar-refractivity contribution in [1.82, 2.24) is 10.6 Å². The molecule has 1 aromatic rings. The Hall–Kier alpha value is -0.820. The highest BCUT2D eigenvalue weighted by Gasteiger charge is 2.02. The van der Waals surface area contributed by atoms with Gasteiger partial charge in [-0.05, 0) is 31.4 Å². The molecule has 1 unspecified atom stereocenters. The number of benzene rings is 1. The molecule has 0 amide bonds. The maximum atomic E-state index is 5.39. The maximum absolute atomic E-state index is 5.39. The average molecular weight is 405 g/mol. The van der Waals surface area contributed by atoms with Crippen molar-refractivity contribution in [3.05, 3.63) is 35.4 Å². The van der Waals surface area contributed by atoms with Crippen LogP contribution in [0.4, 0.5) is 0 Å². The molecule has 4 nitrogen and oxygen atoms in total. The molecule has 0 spiro atoms. The zero-order valence-electron chi connectivity index (χ0n) is 13.5. The molecular formula is C16H28IN3O. The number of halogens is 1. The molecule has 21 heavy (non-hydrogen) atoms. The third kappa shape index (κ3) is 8.26. The highest BCUT2D eigenvalue weighted by atomic mass is 127. The molecule has 0 aliphatic rings. The Morgan fingerprint density at radius 1 is 1.19 bits per heavy atom. The second kappa shape index (κ2) is 11.8. The first-order chi connectivity index (χ1) is 9.69. The van der Waals surface area contributed by atoms with Gasteiger partial charge in [-0.3, -0.25) is 4.99 Å². The third-order valence-electron chi connectivity index (χ3n) is 3.17. The van der Waals surface area contributed by atoms with E-state index in [1.165, 1.54) is 11.1 Å². The second-order valence-corrected chi connectivity index (χ2v) is 4.83. The summed E-state index contributed by atoms with van der Waals surface area (Å²) in [6.07, 6.45) is 1.08. The van der Waals surface area contributed by atoms with Crippen LogP contribution in [-0.4, -0.2) is 25.7 Å². The van der Waals surface area contributed by atoms with Crippen molar-refractivity contribution in [2.75, 3.05) is 13.7 Å². The van der Waals surface area contributed by atoms with Gasteiger partial charge in [0.1, 0.15) is 0 Å². The van der Waals surface area contributed by atoms with Gasteiger partial charge >= 0.3 is 0 Å². The molecule has 5 heteroatoms. The highest BCUT2D eigenvalue weighted by Crippen LogP contribution is 2.05. The van der Waals surface area contributed by atoms with Crippen LogP contribution in [0.3, 0.4) is 0 Å². The van der Waals surface area contributed by atoms with Gasteiger partial charge in [-0.1, -0.05) is 31.2 Å². The van der Waals surface area contributed by atoms with Crippen molar-refractivity contribution in [2.45, 2.75) is 46.4 Å². The van der Waals surface area contributed by atoms with Gasteiger partial charge in [0.05, 0.1) is 6.61 Å². The summed E-state index contributed by atoms with van der Waals surface area (Å²) in [5.41, 5.74) is 2.44. The molecule has 0 aliphatic heterocycles. The van der Waals surface area contributed by atoms with E-state index < -0.39 is 0 Å². The predicted octanol–water partition coefficient (Wildman–Crippen LogP) is 3.30. The average Bonchev–Trinajstić information content (AvgIpc) is 2.50. The number of rotatable bonds is 7. The molecule has 1 aromatic carbocycles. The van der Waals surface area contributed by atoms with Crippen LogP contribution in [0, 0.1) is 0 Å². The van der Waals surface area contributed by atoms with E-state index in [-0.39, 0.29) is 24.0 Å². The van der Waals surface area contributed by atoms with Crippen molar-refractivity contribution in [1.29, 1.82) is 0 Å². The molecule has 0 radical (unpaired) electrons. The first-order valence-corrected chi connectivity index (χ1v) is 7.32. The summed E-state index contributed by atoms with van der Waals surface area (Å²) < 4.78 is 5.39. The zero-order valence-corrected chi connectivity index (χ0v) is 15.8. The van der Waals surface area contributed by atoms with E-state index in [2.05, 4.69) is 53.7 Å². The highest BCUT2D eigenvalue weighted by molar-refractivity contribution is 14.0. The van der Waals surface area contributed by atoms with Gasteiger partial charge in [-0.2, -0.15) is 0 Å². The molecule has 120 valence electrons. The fourth-order valence-corrected chi connectivity index (χ4v) is 1.69. The number of hydrogen-bond donors (Lipinski definition) is 2. The topological polar surface area (TPSA) is 45.6 Å². The first-order valence-electron chi connectivity index (χ1n) is 7.32. The summed E-state index contributed by atoms with van der Waals surface area (Å²) >= 11 is 0. The van der Waals surface area contributed by atoms with Crippen molar-refractivity contribution >= 4 is 29.9 Å². The summed E-state index contributed by atoms with van der Waals surface area (Å²) in [4.78, 5) is 4.22. The molecule has 0 aromatic heterocycles. The van der Waals surface area contributed by atoms with E-state index in [1.54, 1.807) is 7.05 Å². The molecule has 0 heterocycles. The van der Waals surface area contributed by atoms with Crippen LogP contribution in [0.15, 0.2) is 29.3 Å². The minimum absolute atomic E-state index is 0. The minimum atomic E-state index is 0. The van der Waals surface area contributed by atoms with Crippen molar-refractivity contribution in [2.24, 2.45) is 4.99 Å². The summed E-state index contributed by atoms with van der Waals surface area (Å²) in [6, 6.07) is 8.89. The maximum Gasteiger partial charge on any atom is 0.191 e. The molecule has 1 rings (SSSR count). The Bertz CT molecular complexity index is 406. The lowest BCUT2D eigenvalue weighted by molar-refractivity contribution is 0.134. The van der Waals surface area contributed by atoms with Gasteiger partial charge in [-0.15, -0.1) is 24.0 Å². The molecule has 0 bridgehead atoms. The SMILES string of the molecule is CCOCc1ccc(CNC(=NC)NC(C)CC)cc1.I. The quantitative estimate of drug-likeness (QED) is 0.416. The Morgan fingerprint density at radius 2 is 1.81 bits per heavy atom. The van der Waals surface area contributed by atoms with E-state index in [0.717, 1.165) is 25.5 Å². The second-order valence-electron chi connectivity index (χ2n) is 4.83. The summed E-state index contributed by atoms with van der Waals surface area (Å²) in [5.74, 6) is 0.845. The van der Waals surface area contributed by atoms with E-state index in [0.29, 0.717) is 12.6 Å². The van der Waals surface area contributed by atoms with Gasteiger partial charge in [0.15, 0.2) is 5.96 Å². The predicted molar refractivity (Wildman–Crippen MR) is 100 cm³/mol. The Balaban J connectivity index is 0.00000400. The Morgan fingerprint density at radius 3 is 2.33 bits per heavy atom. The van der Waals surface area contributed by atoms with Gasteiger partial charge in [-0.25, -0.2) is 0 Å². The van der Waals surface area contributed by atoms with Crippen LogP contribution >= 0.6 is 24.0 Å². The van der Waals surface area contributed by atoms with E-state index in [4.69, 9.17) is 4.74 Å². The Labute approximate surface area is 145 Å².